The van der Waals surface area contributed by atoms with Crippen LogP contribution in [0.3, 0.4) is 0 Å². The minimum Gasteiger partial charge on any atom is -0.378 e. The Morgan fingerprint density at radius 1 is 1.00 bits per heavy atom. The van der Waals surface area contributed by atoms with Crippen LogP contribution in [0.2, 0.25) is 0 Å². The number of hydrogen-bond acceptors (Lipinski definition) is 3. The lowest BCUT2D eigenvalue weighted by Crippen LogP contribution is -2.40. The van der Waals surface area contributed by atoms with Crippen LogP contribution in [0.5, 0.6) is 0 Å². The molecule has 1 unspecified atom stereocenters. The molecule has 2 aliphatic heterocycles. The molecule has 2 saturated heterocycles. The van der Waals surface area contributed by atoms with E-state index in [2.05, 4.69) is 0 Å². The van der Waals surface area contributed by atoms with Crippen LogP contribution in [0.25, 0.3) is 0 Å². The van der Waals surface area contributed by atoms with Gasteiger partial charge in [-0.1, -0.05) is 32.1 Å². The molecule has 1 amide bonds. The SMILES string of the molecule is O=C(CCCCCCCCC1CO1)N1CCOCC1. The summed E-state index contributed by atoms with van der Waals surface area (Å²) in [6.45, 7) is 3.96. The molecule has 0 aliphatic carbocycles. The van der Waals surface area contributed by atoms with Gasteiger partial charge in [0.2, 0.25) is 5.91 Å². The predicted octanol–water partition coefficient (Wildman–Crippen LogP) is 2.36. The number of nitrogens with zero attached hydrogens (tertiary/aromatic N) is 1. The van der Waals surface area contributed by atoms with Gasteiger partial charge in [-0.05, 0) is 12.8 Å². The van der Waals surface area contributed by atoms with Crippen molar-refractivity contribution in [2.24, 2.45) is 0 Å². The van der Waals surface area contributed by atoms with Gasteiger partial charge < -0.3 is 14.4 Å². The normalized spacial score (nSPS) is 22.5. The number of carbonyl (C=O) groups excluding carboxylic acids is 1. The van der Waals surface area contributed by atoms with Crippen LogP contribution >= 0.6 is 0 Å². The number of amides is 1. The molecule has 2 aliphatic rings. The van der Waals surface area contributed by atoms with Crippen LogP contribution in [0.1, 0.15) is 51.4 Å². The molecule has 0 bridgehead atoms. The van der Waals surface area contributed by atoms with Gasteiger partial charge in [0.15, 0.2) is 0 Å². The van der Waals surface area contributed by atoms with E-state index < -0.39 is 0 Å². The number of epoxide rings is 1. The molecule has 19 heavy (non-hydrogen) atoms. The fraction of sp³-hybridized carbons (Fsp3) is 0.933. The van der Waals surface area contributed by atoms with Gasteiger partial charge in [0.1, 0.15) is 0 Å². The third-order valence-electron chi connectivity index (χ3n) is 3.93. The Hall–Kier alpha value is -0.610. The van der Waals surface area contributed by atoms with Crippen molar-refractivity contribution in [3.8, 4) is 0 Å². The predicted molar refractivity (Wildman–Crippen MR) is 74.1 cm³/mol. The third-order valence-corrected chi connectivity index (χ3v) is 3.93. The summed E-state index contributed by atoms with van der Waals surface area (Å²) in [6, 6.07) is 0. The lowest BCUT2D eigenvalue weighted by Gasteiger charge is -2.26. The average molecular weight is 269 g/mol. The standard InChI is InChI=1S/C15H27NO3/c17-15(16-9-11-18-12-10-16)8-6-4-2-1-3-5-7-14-13-19-14/h14H,1-13H2. The zero-order valence-electron chi connectivity index (χ0n) is 11.9. The summed E-state index contributed by atoms with van der Waals surface area (Å²) < 4.78 is 10.4. The van der Waals surface area contributed by atoms with Gasteiger partial charge in [0, 0.05) is 19.5 Å². The van der Waals surface area contributed by atoms with Gasteiger partial charge in [-0.3, -0.25) is 4.79 Å². The second-order valence-corrected chi connectivity index (χ2v) is 5.61. The van der Waals surface area contributed by atoms with Gasteiger partial charge in [-0.25, -0.2) is 0 Å². The van der Waals surface area contributed by atoms with E-state index in [4.69, 9.17) is 9.47 Å². The molecule has 0 saturated carbocycles. The third kappa shape index (κ3) is 6.39. The highest BCUT2D eigenvalue weighted by Crippen LogP contribution is 2.18. The van der Waals surface area contributed by atoms with Crippen molar-refractivity contribution in [2.75, 3.05) is 32.9 Å². The molecule has 0 aromatic carbocycles. The Labute approximate surface area is 116 Å². The number of ether oxygens (including phenoxy) is 2. The first-order chi connectivity index (χ1) is 9.36. The Morgan fingerprint density at radius 3 is 2.32 bits per heavy atom. The summed E-state index contributed by atoms with van der Waals surface area (Å²) in [5.74, 6) is 0.314. The first-order valence-corrected chi connectivity index (χ1v) is 7.83. The number of unbranched alkanes of at least 4 members (excludes halogenated alkanes) is 5. The molecule has 0 aromatic rings. The summed E-state index contributed by atoms with van der Waals surface area (Å²) >= 11 is 0. The zero-order valence-corrected chi connectivity index (χ0v) is 11.9. The van der Waals surface area contributed by atoms with Crippen LogP contribution in [-0.4, -0.2) is 49.8 Å². The lowest BCUT2D eigenvalue weighted by molar-refractivity contribution is -0.135. The largest absolute Gasteiger partial charge is 0.378 e. The van der Waals surface area contributed by atoms with Crippen LogP contribution in [0, 0.1) is 0 Å². The van der Waals surface area contributed by atoms with Crippen molar-refractivity contribution in [1.29, 1.82) is 0 Å². The minimum absolute atomic E-state index is 0.314. The van der Waals surface area contributed by atoms with Crippen molar-refractivity contribution in [1.82, 2.24) is 4.90 Å². The highest BCUT2D eigenvalue weighted by atomic mass is 16.6. The smallest absolute Gasteiger partial charge is 0.222 e. The second-order valence-electron chi connectivity index (χ2n) is 5.61. The van der Waals surface area contributed by atoms with E-state index in [-0.39, 0.29) is 0 Å². The molecule has 0 radical (unpaired) electrons. The average Bonchev–Trinajstić information content (AvgIpc) is 3.26. The quantitative estimate of drug-likeness (QED) is 0.477. The maximum Gasteiger partial charge on any atom is 0.222 e. The van der Waals surface area contributed by atoms with Crippen LogP contribution in [0.15, 0.2) is 0 Å². The van der Waals surface area contributed by atoms with Gasteiger partial charge >= 0.3 is 0 Å². The number of hydrogen-bond donors (Lipinski definition) is 0. The van der Waals surface area contributed by atoms with Crippen molar-refractivity contribution in [3.05, 3.63) is 0 Å². The van der Waals surface area contributed by atoms with E-state index in [9.17, 15) is 4.79 Å². The topological polar surface area (TPSA) is 42.1 Å². The van der Waals surface area contributed by atoms with Gasteiger partial charge in [-0.2, -0.15) is 0 Å². The Bertz CT molecular complexity index is 260. The number of morpholine rings is 1. The summed E-state index contributed by atoms with van der Waals surface area (Å²) in [6.07, 6.45) is 9.98. The molecule has 4 nitrogen and oxygen atoms in total. The molecule has 4 heteroatoms. The van der Waals surface area contributed by atoms with E-state index in [1.54, 1.807) is 0 Å². The van der Waals surface area contributed by atoms with Gasteiger partial charge in [0.25, 0.3) is 0 Å². The molecule has 2 rings (SSSR count). The van der Waals surface area contributed by atoms with Gasteiger partial charge in [0.05, 0.1) is 25.9 Å². The minimum atomic E-state index is 0.314. The van der Waals surface area contributed by atoms with E-state index in [1.807, 2.05) is 4.90 Å². The molecule has 1 atom stereocenters. The fourth-order valence-electron chi connectivity index (χ4n) is 2.56. The van der Waals surface area contributed by atoms with E-state index in [0.29, 0.717) is 25.2 Å². The molecule has 0 spiro atoms. The molecule has 0 aromatic heterocycles. The van der Waals surface area contributed by atoms with Crippen molar-refractivity contribution < 1.29 is 14.3 Å². The molecule has 2 fully saturated rings. The molecule has 2 heterocycles. The summed E-state index contributed by atoms with van der Waals surface area (Å²) in [4.78, 5) is 13.8. The zero-order chi connectivity index (χ0) is 13.3. The van der Waals surface area contributed by atoms with Crippen molar-refractivity contribution in [2.45, 2.75) is 57.5 Å². The maximum atomic E-state index is 11.9. The number of carbonyl (C=O) groups is 1. The second kappa shape index (κ2) is 8.54. The Kier molecular flexibility index (Phi) is 6.65. The fourth-order valence-corrected chi connectivity index (χ4v) is 2.56. The first-order valence-electron chi connectivity index (χ1n) is 7.83. The Balaban J connectivity index is 1.37. The number of rotatable bonds is 9. The highest BCUT2D eigenvalue weighted by molar-refractivity contribution is 5.76. The maximum absolute atomic E-state index is 11.9. The van der Waals surface area contributed by atoms with Crippen LogP contribution in [-0.2, 0) is 14.3 Å². The van der Waals surface area contributed by atoms with Gasteiger partial charge in [-0.15, -0.1) is 0 Å². The van der Waals surface area contributed by atoms with E-state index in [0.717, 1.165) is 32.5 Å². The molecular weight excluding hydrogens is 242 g/mol. The first kappa shape index (κ1) is 14.8. The highest BCUT2D eigenvalue weighted by Gasteiger charge is 2.20. The molecule has 110 valence electrons. The summed E-state index contributed by atoms with van der Waals surface area (Å²) in [5.41, 5.74) is 0. The molecule has 0 N–H and O–H groups in total. The van der Waals surface area contributed by atoms with Crippen molar-refractivity contribution in [3.63, 3.8) is 0 Å². The van der Waals surface area contributed by atoms with E-state index in [1.165, 1.54) is 38.5 Å². The van der Waals surface area contributed by atoms with Crippen LogP contribution in [0.4, 0.5) is 0 Å². The lowest BCUT2D eigenvalue weighted by atomic mass is 10.1. The monoisotopic (exact) mass is 269 g/mol. The van der Waals surface area contributed by atoms with E-state index >= 15 is 0 Å². The molecular formula is C15H27NO3. The Morgan fingerprint density at radius 2 is 1.63 bits per heavy atom. The van der Waals surface area contributed by atoms with Crippen LogP contribution < -0.4 is 0 Å². The summed E-state index contributed by atoms with van der Waals surface area (Å²) in [7, 11) is 0. The summed E-state index contributed by atoms with van der Waals surface area (Å²) in [5, 5.41) is 0. The van der Waals surface area contributed by atoms with Crippen molar-refractivity contribution >= 4 is 5.91 Å².